The van der Waals surface area contributed by atoms with Gasteiger partial charge >= 0.3 is 0 Å². The molecule has 0 aliphatic heterocycles. The molecule has 0 spiro atoms. The topological polar surface area (TPSA) is 79.9 Å². The van der Waals surface area contributed by atoms with Gasteiger partial charge in [0, 0.05) is 28.9 Å². The molecule has 0 fully saturated rings. The zero-order valence-electron chi connectivity index (χ0n) is 23.5. The lowest BCUT2D eigenvalue weighted by Crippen LogP contribution is -2.30. The maximum atomic E-state index is 13.0. The number of halogens is 1. The lowest BCUT2D eigenvalue weighted by molar-refractivity contribution is -0.117. The molecule has 1 atom stereocenters. The van der Waals surface area contributed by atoms with Gasteiger partial charge in [-0.05, 0) is 72.5 Å². The minimum atomic E-state index is -0.369. The van der Waals surface area contributed by atoms with E-state index in [4.69, 9.17) is 21.4 Å². The molecule has 1 amide bonds. The van der Waals surface area contributed by atoms with E-state index in [-0.39, 0.29) is 11.5 Å². The molecule has 0 aliphatic rings. The van der Waals surface area contributed by atoms with E-state index in [1.54, 1.807) is 10.8 Å². The highest BCUT2D eigenvalue weighted by Gasteiger charge is 2.16. The second kappa shape index (κ2) is 14.9. The fourth-order valence-corrected chi connectivity index (χ4v) is 4.59. The number of nitrogens with one attached hydrogen (secondary N) is 1. The maximum Gasteiger partial charge on any atom is 0.261 e. The third-order valence-corrected chi connectivity index (χ3v) is 7.22. The summed E-state index contributed by atoms with van der Waals surface area (Å²) in [5.41, 5.74) is 4.12. The Kier molecular flexibility index (Phi) is 10.8. The molecule has 0 bridgehead atoms. The third-order valence-electron chi connectivity index (χ3n) is 6.97. The molecule has 1 aromatic heterocycles. The fourth-order valence-electron chi connectivity index (χ4n) is 4.47. The van der Waals surface area contributed by atoms with Gasteiger partial charge in [-0.25, -0.2) is 4.68 Å². The van der Waals surface area contributed by atoms with Crippen molar-refractivity contribution in [3.63, 3.8) is 0 Å². The van der Waals surface area contributed by atoms with Crippen LogP contribution in [0.4, 0.5) is 0 Å². The molecular formula is C34H35ClN4O2. The van der Waals surface area contributed by atoms with Crippen LogP contribution in [0, 0.1) is 17.2 Å². The fraction of sp³-hybridized carbons (Fsp3) is 0.265. The SMILES string of the molecule is CCCC[C@@H](CC)CNC(=O)/C(C#N)=C/c1cn(-c2ccccc2)nc1-c1ccc(OCc2ccc(Cl)cc2)cc1. The van der Waals surface area contributed by atoms with Crippen LogP contribution in [0.1, 0.15) is 50.7 Å². The van der Waals surface area contributed by atoms with E-state index < -0.39 is 0 Å². The van der Waals surface area contributed by atoms with Gasteiger partial charge in [-0.2, -0.15) is 10.4 Å². The Bertz CT molecular complexity index is 1490. The number of carbonyl (C=O) groups is 1. The molecule has 0 unspecified atom stereocenters. The minimum absolute atomic E-state index is 0.0483. The normalized spacial score (nSPS) is 12.0. The van der Waals surface area contributed by atoms with Crippen LogP contribution in [0.15, 0.2) is 90.6 Å². The van der Waals surface area contributed by atoms with Crippen LogP contribution in [0.3, 0.4) is 0 Å². The number of benzene rings is 3. The highest BCUT2D eigenvalue weighted by molar-refractivity contribution is 6.30. The highest BCUT2D eigenvalue weighted by Crippen LogP contribution is 2.28. The van der Waals surface area contributed by atoms with Gasteiger partial charge in [-0.15, -0.1) is 0 Å². The van der Waals surface area contributed by atoms with E-state index in [9.17, 15) is 10.1 Å². The molecule has 0 aliphatic carbocycles. The van der Waals surface area contributed by atoms with E-state index in [0.29, 0.717) is 41.1 Å². The monoisotopic (exact) mass is 566 g/mol. The average molecular weight is 567 g/mol. The van der Waals surface area contributed by atoms with E-state index in [1.807, 2.05) is 85.1 Å². The van der Waals surface area contributed by atoms with Crippen molar-refractivity contribution >= 4 is 23.6 Å². The van der Waals surface area contributed by atoms with Gasteiger partial charge < -0.3 is 10.1 Å². The lowest BCUT2D eigenvalue weighted by Gasteiger charge is -2.15. The number of nitriles is 1. The Hall–Kier alpha value is -4.34. The molecule has 0 saturated heterocycles. The van der Waals surface area contributed by atoms with Crippen LogP contribution in [-0.2, 0) is 11.4 Å². The molecule has 4 aromatic rings. The Labute approximate surface area is 247 Å². The van der Waals surface area contributed by atoms with E-state index in [1.165, 1.54) is 0 Å². The largest absolute Gasteiger partial charge is 0.489 e. The molecule has 7 heteroatoms. The van der Waals surface area contributed by atoms with Gasteiger partial charge in [0.05, 0.1) is 11.4 Å². The predicted octanol–water partition coefficient (Wildman–Crippen LogP) is 8.01. The molecule has 210 valence electrons. The Morgan fingerprint density at radius 1 is 1.07 bits per heavy atom. The van der Waals surface area contributed by atoms with Crippen LogP contribution in [0.25, 0.3) is 23.0 Å². The van der Waals surface area contributed by atoms with Crippen LogP contribution < -0.4 is 10.1 Å². The number of hydrogen-bond donors (Lipinski definition) is 1. The Morgan fingerprint density at radius 3 is 2.46 bits per heavy atom. The van der Waals surface area contributed by atoms with Crippen LogP contribution in [0.5, 0.6) is 5.75 Å². The number of para-hydroxylation sites is 1. The number of unbranched alkanes of at least 4 members (excludes halogenated alkanes) is 1. The summed E-state index contributed by atoms with van der Waals surface area (Å²) < 4.78 is 7.70. The summed E-state index contributed by atoms with van der Waals surface area (Å²) in [5, 5.41) is 18.4. The van der Waals surface area contributed by atoms with Crippen molar-refractivity contribution in [1.82, 2.24) is 15.1 Å². The number of carbonyl (C=O) groups excluding carboxylic acids is 1. The van der Waals surface area contributed by atoms with Gasteiger partial charge in [0.1, 0.15) is 24.0 Å². The summed E-state index contributed by atoms with van der Waals surface area (Å²) in [6, 6.07) is 27.0. The van der Waals surface area contributed by atoms with Gasteiger partial charge in [-0.1, -0.05) is 75.0 Å². The average Bonchev–Trinajstić information content (AvgIpc) is 3.44. The van der Waals surface area contributed by atoms with E-state index >= 15 is 0 Å². The summed E-state index contributed by atoms with van der Waals surface area (Å²) in [6.45, 7) is 5.27. The molecule has 1 N–H and O–H groups in total. The number of rotatable bonds is 13. The van der Waals surface area contributed by atoms with E-state index in [0.717, 1.165) is 42.5 Å². The van der Waals surface area contributed by atoms with Gasteiger partial charge in [0.15, 0.2) is 0 Å². The van der Waals surface area contributed by atoms with Crippen molar-refractivity contribution < 1.29 is 9.53 Å². The standard InChI is InChI=1S/C34H35ClN4O2/c1-3-5-9-25(4-2)22-37-34(40)28(21-36)20-29-23-39(31-10-7-6-8-11-31)38-33(29)27-14-18-32(19-15-27)41-24-26-12-16-30(35)17-13-26/h6-8,10-20,23,25H,3-5,9,22,24H2,1-2H3,(H,37,40)/b28-20+/t25-/m1/s1. The number of hydrogen-bond acceptors (Lipinski definition) is 4. The summed E-state index contributed by atoms with van der Waals surface area (Å²) in [7, 11) is 0. The van der Waals surface area contributed by atoms with Crippen LogP contribution in [0.2, 0.25) is 5.02 Å². The first kappa shape index (κ1) is 29.6. The van der Waals surface area contributed by atoms with Crippen molar-refractivity contribution in [3.05, 3.63) is 107 Å². The molecule has 0 radical (unpaired) electrons. The minimum Gasteiger partial charge on any atom is -0.489 e. The van der Waals surface area contributed by atoms with Crippen molar-refractivity contribution in [2.45, 2.75) is 46.1 Å². The quantitative estimate of drug-likeness (QED) is 0.131. The van der Waals surface area contributed by atoms with Crippen molar-refractivity contribution in [2.75, 3.05) is 6.54 Å². The summed E-state index contributed by atoms with van der Waals surface area (Å²) in [6.07, 6.45) is 7.76. The van der Waals surface area contributed by atoms with Gasteiger partial charge in [0.25, 0.3) is 5.91 Å². The van der Waals surface area contributed by atoms with Crippen molar-refractivity contribution in [2.24, 2.45) is 5.92 Å². The van der Waals surface area contributed by atoms with Gasteiger partial charge in [0.2, 0.25) is 0 Å². The molecular weight excluding hydrogens is 532 g/mol. The smallest absolute Gasteiger partial charge is 0.261 e. The second-order valence-electron chi connectivity index (χ2n) is 9.95. The number of amides is 1. The van der Waals surface area contributed by atoms with Crippen LogP contribution in [-0.4, -0.2) is 22.2 Å². The second-order valence-corrected chi connectivity index (χ2v) is 10.4. The summed E-state index contributed by atoms with van der Waals surface area (Å²) >= 11 is 5.97. The molecule has 3 aromatic carbocycles. The first-order valence-corrected chi connectivity index (χ1v) is 14.4. The molecule has 4 rings (SSSR count). The number of nitrogens with zero attached hydrogens (tertiary/aromatic N) is 3. The summed E-state index contributed by atoms with van der Waals surface area (Å²) in [4.78, 5) is 13.0. The predicted molar refractivity (Wildman–Crippen MR) is 165 cm³/mol. The first-order valence-electron chi connectivity index (χ1n) is 14.0. The van der Waals surface area contributed by atoms with Crippen molar-refractivity contribution in [3.8, 4) is 28.8 Å². The summed E-state index contributed by atoms with van der Waals surface area (Å²) in [5.74, 6) is 0.747. The third kappa shape index (κ3) is 8.33. The lowest BCUT2D eigenvalue weighted by atomic mass is 9.99. The highest BCUT2D eigenvalue weighted by atomic mass is 35.5. The van der Waals surface area contributed by atoms with Crippen molar-refractivity contribution in [1.29, 1.82) is 5.26 Å². The molecule has 1 heterocycles. The maximum absolute atomic E-state index is 13.0. The Morgan fingerprint density at radius 2 is 1.80 bits per heavy atom. The molecule has 6 nitrogen and oxygen atoms in total. The van der Waals surface area contributed by atoms with E-state index in [2.05, 4.69) is 25.2 Å². The number of ether oxygens (including phenoxy) is 1. The first-order chi connectivity index (χ1) is 20.0. The zero-order valence-corrected chi connectivity index (χ0v) is 24.3. The molecule has 0 saturated carbocycles. The molecule has 41 heavy (non-hydrogen) atoms. The van der Waals surface area contributed by atoms with Crippen LogP contribution >= 0.6 is 11.6 Å². The van der Waals surface area contributed by atoms with Gasteiger partial charge in [-0.3, -0.25) is 4.79 Å². The Balaban J connectivity index is 1.57. The number of aromatic nitrogens is 2. The zero-order chi connectivity index (χ0) is 29.0.